The Hall–Kier alpha value is -4.84. The van der Waals surface area contributed by atoms with Gasteiger partial charge in [0.05, 0.1) is 16.3 Å². The second-order valence-corrected chi connectivity index (χ2v) is 8.26. The molecule has 0 fully saturated rings. The molecule has 0 N–H and O–H groups in total. The summed E-state index contributed by atoms with van der Waals surface area (Å²) in [4.78, 5) is 37.7. The van der Waals surface area contributed by atoms with Gasteiger partial charge in [-0.25, -0.2) is 4.68 Å². The molecule has 0 radical (unpaired) electrons. The van der Waals surface area contributed by atoms with Crippen molar-refractivity contribution in [1.82, 2.24) is 14.7 Å². The Morgan fingerprint density at radius 2 is 1.71 bits per heavy atom. The zero-order valence-corrected chi connectivity index (χ0v) is 19.3. The van der Waals surface area contributed by atoms with E-state index in [0.29, 0.717) is 22.4 Å². The zero-order valence-electron chi connectivity index (χ0n) is 19.3. The van der Waals surface area contributed by atoms with Gasteiger partial charge >= 0.3 is 0 Å². The number of hydrogen-bond acceptors (Lipinski definition) is 6. The molecule has 1 aromatic heterocycles. The minimum absolute atomic E-state index is 0.0536. The van der Waals surface area contributed by atoms with Gasteiger partial charge in [0.15, 0.2) is 0 Å². The molecule has 3 aromatic rings. The number of carbonyl (C=O) groups is 2. The van der Waals surface area contributed by atoms with Crippen molar-refractivity contribution in [2.24, 2.45) is 0 Å². The second kappa shape index (κ2) is 9.19. The van der Waals surface area contributed by atoms with Gasteiger partial charge < -0.3 is 0 Å². The number of nitro benzene ring substituents is 1. The molecule has 9 heteroatoms. The van der Waals surface area contributed by atoms with Crippen LogP contribution in [0, 0.1) is 21.4 Å². The molecule has 35 heavy (non-hydrogen) atoms. The number of aromatic nitrogens is 2. The van der Waals surface area contributed by atoms with Gasteiger partial charge in [-0.05, 0) is 56.7 Å². The molecule has 1 aliphatic rings. The third-order valence-corrected chi connectivity index (χ3v) is 5.70. The standard InChI is InChI=1S/C26H21N5O4/c1-16(2)30-25(32)22(17(3)23(14-27)26(30)33)13-19-15-29(20-7-5-4-6-8-20)28-24(19)18-9-11-21(12-10-18)31(34)35/h4-13,15-16H,1-3H3/b22-13+. The van der Waals surface area contributed by atoms with Crippen LogP contribution < -0.4 is 0 Å². The van der Waals surface area contributed by atoms with E-state index in [9.17, 15) is 25.0 Å². The van der Waals surface area contributed by atoms with Crippen LogP contribution in [0.4, 0.5) is 5.69 Å². The van der Waals surface area contributed by atoms with E-state index in [2.05, 4.69) is 5.10 Å². The van der Waals surface area contributed by atoms with E-state index in [4.69, 9.17) is 0 Å². The number of rotatable bonds is 5. The first kappa shape index (κ1) is 23.3. The Balaban J connectivity index is 1.93. The second-order valence-electron chi connectivity index (χ2n) is 8.26. The molecule has 0 saturated heterocycles. The summed E-state index contributed by atoms with van der Waals surface area (Å²) in [6.45, 7) is 4.99. The lowest BCUT2D eigenvalue weighted by molar-refractivity contribution is -0.384. The van der Waals surface area contributed by atoms with E-state index in [1.54, 1.807) is 49.9 Å². The summed E-state index contributed by atoms with van der Waals surface area (Å²) in [5.74, 6) is -1.11. The highest BCUT2D eigenvalue weighted by Crippen LogP contribution is 2.32. The molecule has 0 aliphatic carbocycles. The van der Waals surface area contributed by atoms with Crippen molar-refractivity contribution in [3.63, 3.8) is 0 Å². The molecule has 0 atom stereocenters. The highest BCUT2D eigenvalue weighted by atomic mass is 16.6. The van der Waals surface area contributed by atoms with Gasteiger partial charge in [-0.3, -0.25) is 24.6 Å². The molecule has 0 spiro atoms. The average Bonchev–Trinajstić information content (AvgIpc) is 3.26. The normalized spacial score (nSPS) is 15.2. The van der Waals surface area contributed by atoms with Crippen LogP contribution in [0.1, 0.15) is 26.3 Å². The molecular formula is C26H21N5O4. The van der Waals surface area contributed by atoms with E-state index in [1.807, 2.05) is 36.4 Å². The fourth-order valence-corrected chi connectivity index (χ4v) is 3.90. The summed E-state index contributed by atoms with van der Waals surface area (Å²) in [6, 6.07) is 16.8. The van der Waals surface area contributed by atoms with Crippen molar-refractivity contribution in [3.05, 3.63) is 93.2 Å². The smallest absolute Gasteiger partial charge is 0.271 e. The van der Waals surface area contributed by atoms with Crippen LogP contribution in [0.3, 0.4) is 0 Å². The number of carbonyl (C=O) groups excluding carboxylic acids is 2. The van der Waals surface area contributed by atoms with Crippen LogP contribution in [-0.2, 0) is 9.59 Å². The number of benzene rings is 2. The van der Waals surface area contributed by atoms with Gasteiger partial charge in [-0.15, -0.1) is 0 Å². The lowest BCUT2D eigenvalue weighted by atomic mass is 9.92. The monoisotopic (exact) mass is 467 g/mol. The summed E-state index contributed by atoms with van der Waals surface area (Å²) in [6.07, 6.45) is 3.35. The predicted molar refractivity (Wildman–Crippen MR) is 129 cm³/mol. The van der Waals surface area contributed by atoms with Crippen LogP contribution in [0.15, 0.2) is 77.5 Å². The predicted octanol–water partition coefficient (Wildman–Crippen LogP) is 4.45. The number of amides is 2. The maximum atomic E-state index is 13.3. The van der Waals surface area contributed by atoms with Gasteiger partial charge in [0, 0.05) is 41.1 Å². The van der Waals surface area contributed by atoms with Crippen LogP contribution in [0.2, 0.25) is 0 Å². The van der Waals surface area contributed by atoms with Crippen LogP contribution in [0.25, 0.3) is 23.0 Å². The van der Waals surface area contributed by atoms with E-state index in [1.165, 1.54) is 12.1 Å². The average molecular weight is 467 g/mol. The van der Waals surface area contributed by atoms with Crippen LogP contribution >= 0.6 is 0 Å². The lowest BCUT2D eigenvalue weighted by Crippen LogP contribution is -2.46. The Morgan fingerprint density at radius 3 is 2.29 bits per heavy atom. The fourth-order valence-electron chi connectivity index (χ4n) is 3.90. The topological polar surface area (TPSA) is 122 Å². The van der Waals surface area contributed by atoms with Gasteiger partial charge in [0.25, 0.3) is 17.5 Å². The van der Waals surface area contributed by atoms with Gasteiger partial charge in [-0.2, -0.15) is 10.4 Å². The number of para-hydroxylation sites is 1. The Kier molecular flexibility index (Phi) is 6.12. The first-order valence-corrected chi connectivity index (χ1v) is 10.8. The molecule has 0 unspecified atom stereocenters. The maximum Gasteiger partial charge on any atom is 0.271 e. The highest BCUT2D eigenvalue weighted by Gasteiger charge is 2.37. The lowest BCUT2D eigenvalue weighted by Gasteiger charge is -2.30. The summed E-state index contributed by atoms with van der Waals surface area (Å²) in [5.41, 5.74) is 2.80. The minimum atomic E-state index is -0.613. The Labute approximate surface area is 201 Å². The molecule has 0 saturated carbocycles. The third-order valence-electron chi connectivity index (χ3n) is 5.70. The summed E-state index contributed by atoms with van der Waals surface area (Å²) >= 11 is 0. The number of non-ortho nitro benzene ring substituents is 1. The first-order valence-electron chi connectivity index (χ1n) is 10.8. The molecule has 2 aromatic carbocycles. The Morgan fingerprint density at radius 1 is 1.06 bits per heavy atom. The van der Waals surface area contributed by atoms with E-state index < -0.39 is 22.8 Å². The molecular weight excluding hydrogens is 446 g/mol. The largest absolute Gasteiger partial charge is 0.271 e. The van der Waals surface area contributed by atoms with Gasteiger partial charge in [0.1, 0.15) is 11.6 Å². The van der Waals surface area contributed by atoms with Crippen molar-refractivity contribution < 1.29 is 14.5 Å². The molecule has 0 bridgehead atoms. The fraction of sp³-hybridized carbons (Fsp3) is 0.154. The Bertz CT molecular complexity index is 1440. The zero-order chi connectivity index (χ0) is 25.3. The maximum absolute atomic E-state index is 13.3. The number of imide groups is 1. The molecule has 2 heterocycles. The van der Waals surface area contributed by atoms with E-state index in [0.717, 1.165) is 10.6 Å². The summed E-state index contributed by atoms with van der Waals surface area (Å²) in [7, 11) is 0. The SMILES string of the molecule is CC1=C(C#N)C(=O)N(C(C)C)C(=O)/C1=C/c1cn(-c2ccccc2)nc1-c1ccc([N+](=O)[O-])cc1. The molecule has 9 nitrogen and oxygen atoms in total. The van der Waals surface area contributed by atoms with E-state index >= 15 is 0 Å². The molecule has 1 aliphatic heterocycles. The molecule has 2 amide bonds. The number of nitriles is 1. The van der Waals surface area contributed by atoms with Crippen molar-refractivity contribution in [3.8, 4) is 23.0 Å². The number of hydrogen-bond donors (Lipinski definition) is 0. The number of nitro groups is 1. The van der Waals surface area contributed by atoms with Crippen molar-refractivity contribution in [1.29, 1.82) is 5.26 Å². The van der Waals surface area contributed by atoms with Gasteiger partial charge in [-0.1, -0.05) is 18.2 Å². The van der Waals surface area contributed by atoms with Crippen molar-refractivity contribution >= 4 is 23.6 Å². The number of nitrogens with zero attached hydrogens (tertiary/aromatic N) is 5. The molecule has 174 valence electrons. The third kappa shape index (κ3) is 4.25. The van der Waals surface area contributed by atoms with Crippen LogP contribution in [-0.4, -0.2) is 37.5 Å². The quantitative estimate of drug-likeness (QED) is 0.236. The minimum Gasteiger partial charge on any atom is -0.271 e. The van der Waals surface area contributed by atoms with Crippen LogP contribution in [0.5, 0.6) is 0 Å². The summed E-state index contributed by atoms with van der Waals surface area (Å²) < 4.78 is 1.64. The first-order chi connectivity index (χ1) is 16.7. The van der Waals surface area contributed by atoms with Crippen molar-refractivity contribution in [2.45, 2.75) is 26.8 Å². The summed E-state index contributed by atoms with van der Waals surface area (Å²) in [5, 5.41) is 25.4. The highest BCUT2D eigenvalue weighted by molar-refractivity contribution is 6.20. The van der Waals surface area contributed by atoms with Crippen molar-refractivity contribution in [2.75, 3.05) is 0 Å². The molecule has 4 rings (SSSR count). The van der Waals surface area contributed by atoms with E-state index in [-0.39, 0.29) is 16.8 Å². The van der Waals surface area contributed by atoms with Gasteiger partial charge in [0.2, 0.25) is 0 Å².